The van der Waals surface area contributed by atoms with Crippen molar-refractivity contribution in [1.82, 2.24) is 10.3 Å². The number of benzene rings is 2. The molecule has 35 heavy (non-hydrogen) atoms. The first-order valence-corrected chi connectivity index (χ1v) is 12.4. The molecule has 0 bridgehead atoms. The van der Waals surface area contributed by atoms with Crippen LogP contribution in [0.5, 0.6) is 0 Å². The van der Waals surface area contributed by atoms with Gasteiger partial charge in [-0.05, 0) is 55.7 Å². The van der Waals surface area contributed by atoms with Crippen LogP contribution in [0.4, 0.5) is 5.69 Å². The molecule has 2 aromatic carbocycles. The molecular weight excluding hydrogens is 438 g/mol. The molecule has 0 saturated heterocycles. The predicted molar refractivity (Wildman–Crippen MR) is 137 cm³/mol. The van der Waals surface area contributed by atoms with Crippen LogP contribution in [0.1, 0.15) is 55.2 Å². The zero-order valence-corrected chi connectivity index (χ0v) is 20.0. The molecule has 180 valence electrons. The third kappa shape index (κ3) is 5.02. The Morgan fingerprint density at radius 1 is 1.00 bits per heavy atom. The fraction of sp³-hybridized carbons (Fsp3) is 0.310. The van der Waals surface area contributed by atoms with Gasteiger partial charge in [0.2, 0.25) is 5.91 Å². The molecule has 6 nitrogen and oxygen atoms in total. The molecule has 0 aliphatic heterocycles. The normalized spacial score (nSPS) is 15.1. The summed E-state index contributed by atoms with van der Waals surface area (Å²) >= 11 is 0. The fourth-order valence-corrected chi connectivity index (χ4v) is 5.05. The highest BCUT2D eigenvalue weighted by Gasteiger charge is 2.36. The summed E-state index contributed by atoms with van der Waals surface area (Å²) in [5.74, 6) is 0.792. The Bertz CT molecular complexity index is 1300. The van der Waals surface area contributed by atoms with Gasteiger partial charge < -0.3 is 14.7 Å². The van der Waals surface area contributed by atoms with Crippen molar-refractivity contribution in [2.24, 2.45) is 0 Å². The summed E-state index contributed by atoms with van der Waals surface area (Å²) in [6, 6.07) is 20.2. The van der Waals surface area contributed by atoms with E-state index in [1.807, 2.05) is 73.8 Å². The lowest BCUT2D eigenvalue weighted by molar-refractivity contribution is -0.127. The second-order valence-corrected chi connectivity index (χ2v) is 9.33. The molecule has 0 radical (unpaired) electrons. The summed E-state index contributed by atoms with van der Waals surface area (Å²) in [5.41, 5.74) is 2.54. The first-order chi connectivity index (χ1) is 17.1. The molecular formula is C29H31N3O3. The van der Waals surface area contributed by atoms with E-state index < -0.39 is 6.04 Å². The number of amides is 2. The maximum atomic E-state index is 14.0. The van der Waals surface area contributed by atoms with Crippen molar-refractivity contribution in [1.29, 1.82) is 0 Å². The fourth-order valence-electron chi connectivity index (χ4n) is 5.05. The number of aromatic nitrogens is 1. The Kier molecular flexibility index (Phi) is 6.70. The second kappa shape index (κ2) is 10.2. The number of hydrogen-bond donors (Lipinski definition) is 2. The standard InChI is InChI=1S/C29H31N3O3/c1-20-16-17-26(35-20)28(29(34)31-22-10-4-2-5-11-22)32(23-12-6-3-7-13-23)27(33)18-21-19-30-25-15-9-8-14-24(21)25/h3,6-9,12-17,19,22,28,30H,2,4-5,10-11,18H2,1H3,(H,31,34)/t28-/m0/s1. The number of aromatic amines is 1. The van der Waals surface area contributed by atoms with Crippen LogP contribution in [0, 0.1) is 6.92 Å². The summed E-state index contributed by atoms with van der Waals surface area (Å²) in [6.45, 7) is 1.85. The van der Waals surface area contributed by atoms with E-state index in [2.05, 4.69) is 10.3 Å². The van der Waals surface area contributed by atoms with Crippen molar-refractivity contribution in [2.45, 2.75) is 57.5 Å². The van der Waals surface area contributed by atoms with Gasteiger partial charge in [0.15, 0.2) is 6.04 Å². The molecule has 2 heterocycles. The van der Waals surface area contributed by atoms with E-state index in [0.717, 1.165) is 42.1 Å². The quantitative estimate of drug-likeness (QED) is 0.357. The van der Waals surface area contributed by atoms with Crippen molar-refractivity contribution in [3.63, 3.8) is 0 Å². The van der Waals surface area contributed by atoms with Crippen LogP contribution < -0.4 is 10.2 Å². The number of furan rings is 1. The van der Waals surface area contributed by atoms with E-state index in [4.69, 9.17) is 4.42 Å². The van der Waals surface area contributed by atoms with Gasteiger partial charge in [-0.3, -0.25) is 14.5 Å². The van der Waals surface area contributed by atoms with Gasteiger partial charge in [-0.2, -0.15) is 0 Å². The number of aryl methyl sites for hydroxylation is 1. The highest BCUT2D eigenvalue weighted by molar-refractivity contribution is 6.03. The van der Waals surface area contributed by atoms with E-state index in [0.29, 0.717) is 17.2 Å². The molecule has 1 fully saturated rings. The molecule has 1 aliphatic rings. The number of H-pyrrole nitrogens is 1. The molecule has 1 saturated carbocycles. The third-order valence-electron chi connectivity index (χ3n) is 6.81. The van der Waals surface area contributed by atoms with E-state index in [9.17, 15) is 9.59 Å². The van der Waals surface area contributed by atoms with Crippen molar-refractivity contribution in [3.05, 3.63) is 90.0 Å². The predicted octanol–water partition coefficient (Wildman–Crippen LogP) is 5.84. The SMILES string of the molecule is Cc1ccc([C@@H](C(=O)NC2CCCCC2)N(C(=O)Cc2c[nH]c3ccccc23)c2ccccc2)o1. The van der Waals surface area contributed by atoms with Gasteiger partial charge in [-0.1, -0.05) is 55.7 Å². The zero-order chi connectivity index (χ0) is 24.2. The lowest BCUT2D eigenvalue weighted by atomic mass is 9.95. The monoisotopic (exact) mass is 469 g/mol. The van der Waals surface area contributed by atoms with Crippen LogP contribution in [0.2, 0.25) is 0 Å². The van der Waals surface area contributed by atoms with Crippen molar-refractivity contribution >= 4 is 28.4 Å². The number of nitrogens with zero attached hydrogens (tertiary/aromatic N) is 1. The molecule has 2 aromatic heterocycles. The Morgan fingerprint density at radius 3 is 2.49 bits per heavy atom. The van der Waals surface area contributed by atoms with E-state index in [1.165, 1.54) is 6.42 Å². The maximum absolute atomic E-state index is 14.0. The number of rotatable bonds is 7. The average Bonchev–Trinajstić information content (AvgIpc) is 3.49. The van der Waals surface area contributed by atoms with Gasteiger partial charge >= 0.3 is 0 Å². The van der Waals surface area contributed by atoms with Crippen LogP contribution in [-0.2, 0) is 16.0 Å². The smallest absolute Gasteiger partial charge is 0.251 e. The van der Waals surface area contributed by atoms with E-state index >= 15 is 0 Å². The highest BCUT2D eigenvalue weighted by atomic mass is 16.3. The highest BCUT2D eigenvalue weighted by Crippen LogP contribution is 2.31. The topological polar surface area (TPSA) is 78.3 Å². The van der Waals surface area contributed by atoms with E-state index in [1.54, 1.807) is 11.0 Å². The van der Waals surface area contributed by atoms with Crippen LogP contribution in [-0.4, -0.2) is 22.8 Å². The third-order valence-corrected chi connectivity index (χ3v) is 6.81. The van der Waals surface area contributed by atoms with Crippen LogP contribution in [0.25, 0.3) is 10.9 Å². The van der Waals surface area contributed by atoms with Gasteiger partial charge in [0, 0.05) is 28.8 Å². The summed E-state index contributed by atoms with van der Waals surface area (Å²) in [7, 11) is 0. The average molecular weight is 470 g/mol. The van der Waals surface area contributed by atoms with Crippen LogP contribution in [0.15, 0.2) is 77.3 Å². The Morgan fingerprint density at radius 2 is 1.74 bits per heavy atom. The molecule has 0 unspecified atom stereocenters. The van der Waals surface area contributed by atoms with Crippen LogP contribution >= 0.6 is 0 Å². The van der Waals surface area contributed by atoms with Crippen LogP contribution in [0.3, 0.4) is 0 Å². The second-order valence-electron chi connectivity index (χ2n) is 9.33. The summed E-state index contributed by atoms with van der Waals surface area (Å²) in [6.07, 6.45) is 7.38. The number of nitrogens with one attached hydrogen (secondary N) is 2. The number of hydrogen-bond acceptors (Lipinski definition) is 3. The number of carbonyl (C=O) groups excluding carboxylic acids is 2. The maximum Gasteiger partial charge on any atom is 0.251 e. The Labute approximate surface area is 205 Å². The molecule has 5 rings (SSSR count). The number of anilines is 1. The molecule has 0 spiro atoms. The van der Waals surface area contributed by atoms with E-state index in [-0.39, 0.29) is 24.3 Å². The van der Waals surface area contributed by atoms with Crippen molar-refractivity contribution in [2.75, 3.05) is 4.90 Å². The van der Waals surface area contributed by atoms with Gasteiger partial charge in [0.05, 0.1) is 6.42 Å². The molecule has 2 N–H and O–H groups in total. The number of para-hydroxylation sites is 2. The summed E-state index contributed by atoms with van der Waals surface area (Å²) in [4.78, 5) is 32.6. The van der Waals surface area contributed by atoms with Gasteiger partial charge in [-0.25, -0.2) is 0 Å². The number of carbonyl (C=O) groups is 2. The Hall–Kier alpha value is -3.80. The van der Waals surface area contributed by atoms with Crippen molar-refractivity contribution in [3.8, 4) is 0 Å². The molecule has 4 aromatic rings. The minimum atomic E-state index is -0.897. The lowest BCUT2D eigenvalue weighted by Crippen LogP contribution is -2.47. The largest absolute Gasteiger partial charge is 0.464 e. The summed E-state index contributed by atoms with van der Waals surface area (Å²) in [5, 5.41) is 4.23. The summed E-state index contributed by atoms with van der Waals surface area (Å²) < 4.78 is 5.95. The Balaban J connectivity index is 1.52. The first kappa shape index (κ1) is 23.0. The molecule has 6 heteroatoms. The minimum Gasteiger partial charge on any atom is -0.464 e. The zero-order valence-electron chi connectivity index (χ0n) is 20.0. The first-order valence-electron chi connectivity index (χ1n) is 12.4. The minimum absolute atomic E-state index is 0.121. The van der Waals surface area contributed by atoms with Crippen molar-refractivity contribution < 1.29 is 14.0 Å². The van der Waals surface area contributed by atoms with Gasteiger partial charge in [0.25, 0.3) is 5.91 Å². The number of fused-ring (bicyclic) bond motifs is 1. The van der Waals surface area contributed by atoms with Gasteiger partial charge in [-0.15, -0.1) is 0 Å². The van der Waals surface area contributed by atoms with Gasteiger partial charge in [0.1, 0.15) is 11.5 Å². The lowest BCUT2D eigenvalue weighted by Gasteiger charge is -2.32. The molecule has 1 atom stereocenters. The molecule has 2 amide bonds. The molecule has 1 aliphatic carbocycles.